The summed E-state index contributed by atoms with van der Waals surface area (Å²) in [5.74, 6) is -0.392. The Morgan fingerprint density at radius 1 is 1.16 bits per heavy atom. The molecule has 5 heteroatoms. The predicted octanol–water partition coefficient (Wildman–Crippen LogP) is 3.37. The van der Waals surface area contributed by atoms with E-state index in [1.54, 1.807) is 4.90 Å². The molecule has 0 saturated carbocycles. The van der Waals surface area contributed by atoms with E-state index in [9.17, 15) is 9.59 Å². The van der Waals surface area contributed by atoms with Gasteiger partial charge in [-0.2, -0.15) is 0 Å². The van der Waals surface area contributed by atoms with Crippen LogP contribution >= 0.6 is 11.6 Å². The molecule has 0 fully saturated rings. The molecule has 25 heavy (non-hydrogen) atoms. The van der Waals surface area contributed by atoms with Crippen molar-refractivity contribution in [3.05, 3.63) is 64.7 Å². The molecule has 1 heterocycles. The number of rotatable bonds is 5. The summed E-state index contributed by atoms with van der Waals surface area (Å²) in [4.78, 5) is 26.4. The maximum Gasteiger partial charge on any atom is 0.236 e. The van der Waals surface area contributed by atoms with Crippen LogP contribution < -0.4 is 10.2 Å². The van der Waals surface area contributed by atoms with Crippen LogP contribution in [-0.2, 0) is 22.4 Å². The highest BCUT2D eigenvalue weighted by molar-refractivity contribution is 6.30. The van der Waals surface area contributed by atoms with Crippen molar-refractivity contribution in [1.29, 1.82) is 0 Å². The highest BCUT2D eigenvalue weighted by Gasteiger charge is 2.31. The van der Waals surface area contributed by atoms with Gasteiger partial charge in [-0.05, 0) is 49.1 Å². The number of nitrogens with one attached hydrogen (secondary N) is 1. The molecular weight excluding hydrogens is 336 g/mol. The van der Waals surface area contributed by atoms with Crippen LogP contribution in [-0.4, -0.2) is 24.4 Å². The topological polar surface area (TPSA) is 49.4 Å². The van der Waals surface area contributed by atoms with Crippen molar-refractivity contribution in [2.24, 2.45) is 0 Å². The number of carbonyl (C=O) groups is 2. The number of hydrogen-bond donors (Lipinski definition) is 1. The fourth-order valence-electron chi connectivity index (χ4n) is 3.23. The standard InChI is InChI=1S/C20H21ClN2O2/c1-14-12-16-4-2-3-5-18(16)23(14)20(25)13-19(24)22-11-10-15-6-8-17(21)9-7-15/h2-9,14H,10-13H2,1H3,(H,22,24). The summed E-state index contributed by atoms with van der Waals surface area (Å²) in [6, 6.07) is 15.5. The zero-order valence-electron chi connectivity index (χ0n) is 14.2. The maximum absolute atomic E-state index is 12.5. The van der Waals surface area contributed by atoms with Crippen molar-refractivity contribution in [3.8, 4) is 0 Å². The fraction of sp³-hybridized carbons (Fsp3) is 0.300. The Labute approximate surface area is 152 Å². The first kappa shape index (κ1) is 17.5. The Hall–Kier alpha value is -2.33. The normalized spacial score (nSPS) is 15.8. The van der Waals surface area contributed by atoms with Gasteiger partial charge >= 0.3 is 0 Å². The van der Waals surface area contributed by atoms with Crippen LogP contribution in [0.25, 0.3) is 0 Å². The monoisotopic (exact) mass is 356 g/mol. The molecule has 3 rings (SSSR count). The van der Waals surface area contributed by atoms with Crippen LogP contribution in [0.15, 0.2) is 48.5 Å². The SMILES string of the molecule is CC1Cc2ccccc2N1C(=O)CC(=O)NCCc1ccc(Cl)cc1. The molecule has 4 nitrogen and oxygen atoms in total. The minimum absolute atomic E-state index is 0.0896. The molecule has 1 unspecified atom stereocenters. The molecule has 1 atom stereocenters. The lowest BCUT2D eigenvalue weighted by Gasteiger charge is -2.22. The van der Waals surface area contributed by atoms with Gasteiger partial charge in [-0.3, -0.25) is 9.59 Å². The zero-order chi connectivity index (χ0) is 17.8. The van der Waals surface area contributed by atoms with Gasteiger partial charge in [0.15, 0.2) is 0 Å². The predicted molar refractivity (Wildman–Crippen MR) is 99.9 cm³/mol. The van der Waals surface area contributed by atoms with E-state index in [0.717, 1.165) is 23.2 Å². The lowest BCUT2D eigenvalue weighted by molar-refractivity contribution is -0.128. The Morgan fingerprint density at radius 2 is 1.88 bits per heavy atom. The number of hydrogen-bond acceptors (Lipinski definition) is 2. The van der Waals surface area contributed by atoms with Crippen LogP contribution in [0.2, 0.25) is 5.02 Å². The zero-order valence-corrected chi connectivity index (χ0v) is 14.9. The molecule has 1 aliphatic heterocycles. The molecule has 0 spiro atoms. The van der Waals surface area contributed by atoms with Crippen molar-refractivity contribution in [2.75, 3.05) is 11.4 Å². The minimum Gasteiger partial charge on any atom is -0.355 e. The Bertz CT molecular complexity index is 774. The first-order valence-electron chi connectivity index (χ1n) is 8.45. The largest absolute Gasteiger partial charge is 0.355 e. The summed E-state index contributed by atoms with van der Waals surface area (Å²) in [6.45, 7) is 2.51. The first-order chi connectivity index (χ1) is 12.0. The molecule has 0 bridgehead atoms. The average Bonchev–Trinajstić information content (AvgIpc) is 2.92. The van der Waals surface area contributed by atoms with Gasteiger partial charge < -0.3 is 10.2 Å². The van der Waals surface area contributed by atoms with Crippen LogP contribution in [0.5, 0.6) is 0 Å². The van der Waals surface area contributed by atoms with Gasteiger partial charge in [0, 0.05) is 23.3 Å². The third-order valence-electron chi connectivity index (χ3n) is 4.44. The van der Waals surface area contributed by atoms with Gasteiger partial charge in [0.25, 0.3) is 0 Å². The van der Waals surface area contributed by atoms with E-state index < -0.39 is 0 Å². The van der Waals surface area contributed by atoms with E-state index in [0.29, 0.717) is 18.0 Å². The summed E-state index contributed by atoms with van der Waals surface area (Å²) in [5.41, 5.74) is 3.18. The van der Waals surface area contributed by atoms with E-state index in [1.165, 1.54) is 0 Å². The Balaban J connectivity index is 1.51. The van der Waals surface area contributed by atoms with E-state index in [2.05, 4.69) is 5.32 Å². The van der Waals surface area contributed by atoms with Gasteiger partial charge in [-0.25, -0.2) is 0 Å². The Morgan fingerprint density at radius 3 is 2.64 bits per heavy atom. The van der Waals surface area contributed by atoms with Crippen LogP contribution in [0, 0.1) is 0 Å². The van der Waals surface area contributed by atoms with Crippen molar-refractivity contribution in [3.63, 3.8) is 0 Å². The lowest BCUT2D eigenvalue weighted by atomic mass is 10.1. The summed E-state index contributed by atoms with van der Waals surface area (Å²) >= 11 is 5.85. The summed E-state index contributed by atoms with van der Waals surface area (Å²) in [5, 5.41) is 3.51. The molecule has 2 aromatic carbocycles. The van der Waals surface area contributed by atoms with Crippen molar-refractivity contribution < 1.29 is 9.59 Å². The number of amides is 2. The summed E-state index contributed by atoms with van der Waals surface area (Å²) < 4.78 is 0. The quantitative estimate of drug-likeness (QED) is 0.835. The van der Waals surface area contributed by atoms with Crippen molar-refractivity contribution >= 4 is 29.1 Å². The molecule has 130 valence electrons. The second kappa shape index (κ2) is 7.70. The smallest absolute Gasteiger partial charge is 0.236 e. The number of halogens is 1. The number of nitrogens with zero attached hydrogens (tertiary/aromatic N) is 1. The number of carbonyl (C=O) groups excluding carboxylic acids is 2. The molecule has 0 saturated heterocycles. The van der Waals surface area contributed by atoms with E-state index in [4.69, 9.17) is 11.6 Å². The van der Waals surface area contributed by atoms with E-state index in [-0.39, 0.29) is 24.3 Å². The molecule has 2 amide bonds. The number of benzene rings is 2. The van der Waals surface area contributed by atoms with E-state index in [1.807, 2.05) is 55.5 Å². The summed E-state index contributed by atoms with van der Waals surface area (Å²) in [7, 11) is 0. The van der Waals surface area contributed by atoms with Gasteiger partial charge in [0.2, 0.25) is 11.8 Å². The maximum atomic E-state index is 12.5. The molecule has 0 aromatic heterocycles. The fourth-order valence-corrected chi connectivity index (χ4v) is 3.35. The molecular formula is C20H21ClN2O2. The van der Waals surface area contributed by atoms with Crippen molar-refractivity contribution in [1.82, 2.24) is 5.32 Å². The van der Waals surface area contributed by atoms with Gasteiger partial charge in [-0.15, -0.1) is 0 Å². The summed E-state index contributed by atoms with van der Waals surface area (Å²) in [6.07, 6.45) is 1.42. The van der Waals surface area contributed by atoms with Crippen LogP contribution in [0.1, 0.15) is 24.5 Å². The molecule has 0 radical (unpaired) electrons. The molecule has 0 aliphatic carbocycles. The first-order valence-corrected chi connectivity index (χ1v) is 8.83. The minimum atomic E-state index is -0.240. The van der Waals surface area contributed by atoms with Crippen molar-refractivity contribution in [2.45, 2.75) is 32.2 Å². The Kier molecular flexibility index (Phi) is 5.39. The third kappa shape index (κ3) is 4.20. The van der Waals surface area contributed by atoms with Crippen LogP contribution in [0.3, 0.4) is 0 Å². The number of fused-ring (bicyclic) bond motifs is 1. The molecule has 1 aliphatic rings. The number of anilines is 1. The van der Waals surface area contributed by atoms with E-state index >= 15 is 0 Å². The van der Waals surface area contributed by atoms with Gasteiger partial charge in [0.05, 0.1) is 0 Å². The van der Waals surface area contributed by atoms with Gasteiger partial charge in [-0.1, -0.05) is 41.9 Å². The third-order valence-corrected chi connectivity index (χ3v) is 4.69. The highest BCUT2D eigenvalue weighted by Crippen LogP contribution is 2.32. The lowest BCUT2D eigenvalue weighted by Crippen LogP contribution is -2.39. The second-order valence-electron chi connectivity index (χ2n) is 6.35. The highest BCUT2D eigenvalue weighted by atomic mass is 35.5. The average molecular weight is 357 g/mol. The second-order valence-corrected chi connectivity index (χ2v) is 6.79. The number of para-hydroxylation sites is 1. The van der Waals surface area contributed by atoms with Crippen LogP contribution in [0.4, 0.5) is 5.69 Å². The van der Waals surface area contributed by atoms with Gasteiger partial charge in [0.1, 0.15) is 6.42 Å². The molecule has 1 N–H and O–H groups in total. The molecule has 2 aromatic rings.